The van der Waals surface area contributed by atoms with Gasteiger partial charge in [0.25, 0.3) is 5.91 Å². The highest BCUT2D eigenvalue weighted by Gasteiger charge is 2.21. The van der Waals surface area contributed by atoms with Crippen molar-refractivity contribution < 1.29 is 9.21 Å². The van der Waals surface area contributed by atoms with Crippen LogP contribution in [0.4, 0.5) is 0 Å². The molecule has 4 rings (SSSR count). The molecular weight excluding hydrogens is 344 g/mol. The molecule has 1 amide bonds. The number of rotatable bonds is 5. The molecule has 5 heteroatoms. The zero-order valence-corrected chi connectivity index (χ0v) is 15.5. The zero-order chi connectivity index (χ0) is 18.1. The van der Waals surface area contributed by atoms with Crippen LogP contribution in [-0.4, -0.2) is 10.5 Å². The third kappa shape index (κ3) is 3.06. The molecule has 3 aromatic heterocycles. The molecule has 1 unspecified atom stereocenters. The summed E-state index contributed by atoms with van der Waals surface area (Å²) in [6.07, 6.45) is 1.61. The minimum absolute atomic E-state index is 0.0621. The Morgan fingerprint density at radius 3 is 2.73 bits per heavy atom. The average molecular weight is 364 g/mol. The Morgan fingerprint density at radius 1 is 1.19 bits per heavy atom. The first-order valence-electron chi connectivity index (χ1n) is 8.60. The Morgan fingerprint density at radius 2 is 2.00 bits per heavy atom. The first-order chi connectivity index (χ1) is 12.6. The molecule has 0 spiro atoms. The van der Waals surface area contributed by atoms with E-state index >= 15 is 0 Å². The maximum atomic E-state index is 12.9. The summed E-state index contributed by atoms with van der Waals surface area (Å²) in [5.41, 5.74) is 2.95. The number of aromatic nitrogens is 1. The van der Waals surface area contributed by atoms with Crippen LogP contribution in [-0.2, 0) is 6.54 Å². The van der Waals surface area contributed by atoms with Gasteiger partial charge in [-0.05, 0) is 43.7 Å². The lowest BCUT2D eigenvalue weighted by molar-refractivity contribution is 0.0938. The van der Waals surface area contributed by atoms with E-state index in [0.29, 0.717) is 12.2 Å². The molecule has 0 radical (unpaired) electrons. The lowest BCUT2D eigenvalue weighted by Crippen LogP contribution is -2.26. The van der Waals surface area contributed by atoms with E-state index in [-0.39, 0.29) is 11.9 Å². The van der Waals surface area contributed by atoms with Crippen molar-refractivity contribution in [2.45, 2.75) is 26.4 Å². The number of carbonyl (C=O) groups is 1. The van der Waals surface area contributed by atoms with E-state index in [2.05, 4.69) is 41.9 Å². The van der Waals surface area contributed by atoms with Gasteiger partial charge in [-0.3, -0.25) is 4.79 Å². The van der Waals surface area contributed by atoms with Crippen LogP contribution >= 0.6 is 11.3 Å². The van der Waals surface area contributed by atoms with E-state index in [9.17, 15) is 4.79 Å². The fraction of sp³-hybridized carbons (Fsp3) is 0.190. The number of benzene rings is 1. The molecule has 0 aliphatic rings. The summed E-state index contributed by atoms with van der Waals surface area (Å²) in [5.74, 6) is 0.649. The van der Waals surface area contributed by atoms with Crippen molar-refractivity contribution in [1.82, 2.24) is 9.88 Å². The van der Waals surface area contributed by atoms with E-state index in [1.165, 1.54) is 10.4 Å². The number of amides is 1. The van der Waals surface area contributed by atoms with Gasteiger partial charge in [0.15, 0.2) is 0 Å². The lowest BCUT2D eigenvalue weighted by atomic mass is 10.1. The molecule has 1 N–H and O–H groups in total. The number of hydrogen-bond donors (Lipinski definition) is 1. The molecule has 0 aliphatic carbocycles. The van der Waals surface area contributed by atoms with Gasteiger partial charge in [-0.1, -0.05) is 30.3 Å². The van der Waals surface area contributed by atoms with Crippen LogP contribution in [0.1, 0.15) is 39.7 Å². The predicted molar refractivity (Wildman–Crippen MR) is 105 cm³/mol. The fourth-order valence-corrected chi connectivity index (χ4v) is 4.23. The Kier molecular flexibility index (Phi) is 4.39. The van der Waals surface area contributed by atoms with Crippen LogP contribution < -0.4 is 5.32 Å². The third-order valence-corrected chi connectivity index (χ3v) is 5.54. The highest BCUT2D eigenvalue weighted by Crippen LogP contribution is 2.33. The first-order valence-corrected chi connectivity index (χ1v) is 9.42. The minimum Gasteiger partial charge on any atom is -0.467 e. The Labute approximate surface area is 156 Å². The number of aryl methyl sites for hydroxylation is 1. The zero-order valence-electron chi connectivity index (χ0n) is 14.7. The van der Waals surface area contributed by atoms with E-state index in [1.807, 2.05) is 36.4 Å². The third-order valence-electron chi connectivity index (χ3n) is 4.56. The summed E-state index contributed by atoms with van der Waals surface area (Å²) in [6.45, 7) is 4.60. The number of nitrogens with one attached hydrogen (secondary N) is 1. The molecule has 3 heterocycles. The van der Waals surface area contributed by atoms with Gasteiger partial charge < -0.3 is 14.3 Å². The standard InChI is InChI=1S/C21H20N2O2S/c1-14-11-18-20(26-14)12-19(21(24)22-13-17-9-6-10-25-17)23(18)15(2)16-7-4-3-5-8-16/h3-12,15H,13H2,1-2H3,(H,22,24). The van der Waals surface area contributed by atoms with Crippen molar-refractivity contribution in [2.24, 2.45) is 0 Å². The van der Waals surface area contributed by atoms with Crippen molar-refractivity contribution in [3.63, 3.8) is 0 Å². The molecule has 26 heavy (non-hydrogen) atoms. The molecule has 0 saturated carbocycles. The van der Waals surface area contributed by atoms with E-state index in [1.54, 1.807) is 17.6 Å². The maximum absolute atomic E-state index is 12.9. The molecule has 1 atom stereocenters. The second-order valence-corrected chi connectivity index (χ2v) is 7.64. The van der Waals surface area contributed by atoms with Gasteiger partial charge in [0, 0.05) is 4.88 Å². The minimum atomic E-state index is -0.0924. The normalized spacial score (nSPS) is 12.4. The monoisotopic (exact) mass is 364 g/mol. The molecular formula is C21H20N2O2S. The molecule has 132 valence electrons. The molecule has 0 bridgehead atoms. The predicted octanol–water partition coefficient (Wildman–Crippen LogP) is 5.14. The van der Waals surface area contributed by atoms with Gasteiger partial charge in [0.2, 0.25) is 0 Å². The summed E-state index contributed by atoms with van der Waals surface area (Å²) >= 11 is 1.71. The lowest BCUT2D eigenvalue weighted by Gasteiger charge is -2.18. The second kappa shape index (κ2) is 6.84. The molecule has 4 nitrogen and oxygen atoms in total. The SMILES string of the molecule is Cc1cc2c(cc(C(=O)NCc3ccco3)n2C(C)c2ccccc2)s1. The summed E-state index contributed by atoms with van der Waals surface area (Å²) in [7, 11) is 0. The molecule has 0 fully saturated rings. The van der Waals surface area contributed by atoms with Crippen LogP contribution in [0.15, 0.2) is 65.3 Å². The highest BCUT2D eigenvalue weighted by molar-refractivity contribution is 7.19. The Balaban J connectivity index is 1.72. The number of fused-ring (bicyclic) bond motifs is 1. The number of furan rings is 1. The molecule has 0 saturated heterocycles. The number of thiophene rings is 1. The van der Waals surface area contributed by atoms with Gasteiger partial charge in [-0.2, -0.15) is 0 Å². The van der Waals surface area contributed by atoms with Gasteiger partial charge in [-0.15, -0.1) is 11.3 Å². The van der Waals surface area contributed by atoms with Crippen LogP contribution in [0.3, 0.4) is 0 Å². The van der Waals surface area contributed by atoms with Crippen molar-refractivity contribution >= 4 is 27.5 Å². The summed E-state index contributed by atoms with van der Waals surface area (Å²) in [5, 5.41) is 2.96. The van der Waals surface area contributed by atoms with Crippen LogP contribution in [0.2, 0.25) is 0 Å². The quantitative estimate of drug-likeness (QED) is 0.533. The molecule has 4 aromatic rings. The fourth-order valence-electron chi connectivity index (χ4n) is 3.28. The Hall–Kier alpha value is -2.79. The van der Waals surface area contributed by atoms with Gasteiger partial charge in [-0.25, -0.2) is 0 Å². The summed E-state index contributed by atoms with van der Waals surface area (Å²) in [6, 6.07) is 18.1. The number of carbonyl (C=O) groups excluding carboxylic acids is 1. The topological polar surface area (TPSA) is 47.2 Å². The van der Waals surface area contributed by atoms with Gasteiger partial charge in [0.1, 0.15) is 11.5 Å². The van der Waals surface area contributed by atoms with Crippen molar-refractivity contribution in [1.29, 1.82) is 0 Å². The summed E-state index contributed by atoms with van der Waals surface area (Å²) in [4.78, 5) is 14.1. The summed E-state index contributed by atoms with van der Waals surface area (Å²) < 4.78 is 8.57. The van der Waals surface area contributed by atoms with Crippen molar-refractivity contribution in [2.75, 3.05) is 0 Å². The largest absolute Gasteiger partial charge is 0.467 e. The molecule has 0 aliphatic heterocycles. The first kappa shape index (κ1) is 16.7. The highest BCUT2D eigenvalue weighted by atomic mass is 32.1. The van der Waals surface area contributed by atoms with E-state index in [4.69, 9.17) is 4.42 Å². The molecule has 1 aromatic carbocycles. The van der Waals surface area contributed by atoms with E-state index in [0.717, 1.165) is 16.0 Å². The van der Waals surface area contributed by atoms with Gasteiger partial charge >= 0.3 is 0 Å². The van der Waals surface area contributed by atoms with Crippen molar-refractivity contribution in [3.05, 3.63) is 82.8 Å². The van der Waals surface area contributed by atoms with Crippen LogP contribution in [0, 0.1) is 6.92 Å². The second-order valence-electron chi connectivity index (χ2n) is 6.35. The van der Waals surface area contributed by atoms with Crippen LogP contribution in [0.25, 0.3) is 10.2 Å². The van der Waals surface area contributed by atoms with Crippen molar-refractivity contribution in [3.8, 4) is 0 Å². The number of nitrogens with zero attached hydrogens (tertiary/aromatic N) is 1. The number of hydrogen-bond acceptors (Lipinski definition) is 3. The Bertz CT molecular complexity index is 1030. The smallest absolute Gasteiger partial charge is 0.268 e. The maximum Gasteiger partial charge on any atom is 0.268 e. The van der Waals surface area contributed by atoms with Gasteiger partial charge in [0.05, 0.1) is 29.1 Å². The van der Waals surface area contributed by atoms with Crippen LogP contribution in [0.5, 0.6) is 0 Å². The average Bonchev–Trinajstić information content (AvgIpc) is 3.35. The van der Waals surface area contributed by atoms with E-state index < -0.39 is 0 Å².